The maximum Gasteiger partial charge on any atom is 0.0784 e. The van der Waals surface area contributed by atoms with Crippen molar-refractivity contribution in [2.24, 2.45) is 0 Å². The van der Waals surface area contributed by atoms with Crippen LogP contribution in [0.1, 0.15) is 104 Å². The van der Waals surface area contributed by atoms with Crippen LogP contribution in [0.15, 0.2) is 0 Å². The minimum absolute atomic E-state index is 0.00887. The average Bonchev–Trinajstić information content (AvgIpc) is 2.58. The molecule has 0 saturated heterocycles. The zero-order valence-corrected chi connectivity index (χ0v) is 17.1. The Bertz CT molecular complexity index is 248. The molecule has 0 aromatic carbocycles. The molecule has 0 rings (SSSR count). The summed E-state index contributed by atoms with van der Waals surface area (Å²) in [5, 5.41) is 15.9. The van der Waals surface area contributed by atoms with Gasteiger partial charge in [0.15, 0.2) is 0 Å². The smallest absolute Gasteiger partial charge is 0.0784 e. The zero-order chi connectivity index (χ0) is 17.9. The van der Waals surface area contributed by atoms with Gasteiger partial charge < -0.3 is 15.2 Å². The molecule has 0 spiro atoms. The number of unbranched alkanes of at least 4 members (excludes halogenated alkanes) is 10. The van der Waals surface area contributed by atoms with E-state index in [9.17, 15) is 5.21 Å². The van der Waals surface area contributed by atoms with Gasteiger partial charge in [-0.15, -0.1) is 0 Å². The summed E-state index contributed by atoms with van der Waals surface area (Å²) in [5.74, 6) is 0. The van der Waals surface area contributed by atoms with Crippen LogP contribution in [0.5, 0.6) is 0 Å². The van der Waals surface area contributed by atoms with Crippen molar-refractivity contribution in [3.05, 3.63) is 5.21 Å². The summed E-state index contributed by atoms with van der Waals surface area (Å²) in [5.41, 5.74) is 0. The monoisotopic (exact) mass is 342 g/mol. The van der Waals surface area contributed by atoms with Crippen LogP contribution in [-0.2, 0) is 0 Å². The van der Waals surface area contributed by atoms with Gasteiger partial charge in [0.05, 0.1) is 19.6 Å². The van der Waals surface area contributed by atoms with Gasteiger partial charge in [0.1, 0.15) is 0 Å². The molecule has 0 heterocycles. The third-order valence-corrected chi connectivity index (χ3v) is 5.08. The van der Waals surface area contributed by atoms with E-state index >= 15 is 0 Å². The quantitative estimate of drug-likeness (QED) is 0.177. The van der Waals surface area contributed by atoms with Gasteiger partial charge in [-0.25, -0.2) is 0 Å². The average molecular weight is 343 g/mol. The summed E-state index contributed by atoms with van der Waals surface area (Å²) in [6.45, 7) is 10.9. The first kappa shape index (κ1) is 23.9. The summed E-state index contributed by atoms with van der Waals surface area (Å²) in [6, 6.07) is 0. The first-order valence-corrected chi connectivity index (χ1v) is 11.0. The second-order valence-electron chi connectivity index (χ2n) is 7.46. The second-order valence-corrected chi connectivity index (χ2v) is 7.46. The van der Waals surface area contributed by atoms with Crippen LogP contribution in [0, 0.1) is 5.21 Å². The lowest BCUT2D eigenvalue weighted by Gasteiger charge is -2.42. The molecule has 3 nitrogen and oxygen atoms in total. The van der Waals surface area contributed by atoms with Crippen LogP contribution in [-0.4, -0.2) is 37.4 Å². The van der Waals surface area contributed by atoms with E-state index in [0.29, 0.717) is 0 Å². The Morgan fingerprint density at radius 3 is 1.58 bits per heavy atom. The molecule has 0 fully saturated rings. The van der Waals surface area contributed by atoms with Gasteiger partial charge in [-0.2, -0.15) is 0 Å². The molecule has 24 heavy (non-hydrogen) atoms. The van der Waals surface area contributed by atoms with Gasteiger partial charge in [0.2, 0.25) is 0 Å². The van der Waals surface area contributed by atoms with Gasteiger partial charge >= 0.3 is 0 Å². The lowest BCUT2D eigenvalue weighted by atomic mass is 10.1. The number of nitrogens with zero attached hydrogens (tertiary/aromatic N) is 1. The highest BCUT2D eigenvalue weighted by Crippen LogP contribution is 2.10. The molecule has 0 aromatic heterocycles. The van der Waals surface area contributed by atoms with E-state index in [-0.39, 0.29) is 4.65 Å². The first-order chi connectivity index (χ1) is 11.7. The SMILES string of the molecule is CCCCCCCCCCCCNCCCC[N+]([O-])(CC)CCC. The third kappa shape index (κ3) is 15.4. The van der Waals surface area contributed by atoms with Crippen LogP contribution in [0.3, 0.4) is 0 Å². The molecule has 0 amide bonds. The highest BCUT2D eigenvalue weighted by molar-refractivity contribution is 4.52. The van der Waals surface area contributed by atoms with Crippen molar-refractivity contribution in [3.8, 4) is 0 Å². The van der Waals surface area contributed by atoms with Crippen molar-refractivity contribution in [2.75, 3.05) is 32.7 Å². The molecule has 0 aliphatic rings. The Hall–Kier alpha value is -0.120. The number of hydrogen-bond acceptors (Lipinski definition) is 2. The third-order valence-electron chi connectivity index (χ3n) is 5.08. The molecule has 3 heteroatoms. The van der Waals surface area contributed by atoms with Gasteiger partial charge in [-0.1, -0.05) is 71.6 Å². The first-order valence-electron chi connectivity index (χ1n) is 11.0. The summed E-state index contributed by atoms with van der Waals surface area (Å²) in [6.07, 6.45) is 17.2. The predicted octanol–water partition coefficient (Wildman–Crippen LogP) is 6.02. The lowest BCUT2D eigenvalue weighted by molar-refractivity contribution is -0.879. The molecule has 1 unspecified atom stereocenters. The Morgan fingerprint density at radius 2 is 1.08 bits per heavy atom. The molecule has 146 valence electrons. The fraction of sp³-hybridized carbons (Fsp3) is 1.00. The molecular weight excluding hydrogens is 296 g/mol. The van der Waals surface area contributed by atoms with E-state index in [0.717, 1.165) is 52.0 Å². The maximum absolute atomic E-state index is 12.3. The molecule has 0 aliphatic heterocycles. The zero-order valence-electron chi connectivity index (χ0n) is 17.1. The van der Waals surface area contributed by atoms with E-state index in [4.69, 9.17) is 0 Å². The van der Waals surface area contributed by atoms with Crippen molar-refractivity contribution in [1.82, 2.24) is 5.32 Å². The van der Waals surface area contributed by atoms with Crippen LogP contribution in [0.4, 0.5) is 0 Å². The fourth-order valence-electron chi connectivity index (χ4n) is 3.35. The Kier molecular flexibility index (Phi) is 17.6. The topological polar surface area (TPSA) is 35.1 Å². The van der Waals surface area contributed by atoms with Crippen molar-refractivity contribution in [3.63, 3.8) is 0 Å². The Balaban J connectivity index is 3.20. The van der Waals surface area contributed by atoms with Crippen LogP contribution in [0.2, 0.25) is 0 Å². The van der Waals surface area contributed by atoms with Gasteiger partial charge in [-0.05, 0) is 45.7 Å². The minimum atomic E-state index is 0.00887. The number of hydroxylamine groups is 3. The summed E-state index contributed by atoms with van der Waals surface area (Å²) < 4.78 is 0.00887. The van der Waals surface area contributed by atoms with Crippen LogP contribution >= 0.6 is 0 Å². The molecular formula is C21H46N2O. The molecule has 1 atom stereocenters. The Labute approximate surface area is 152 Å². The predicted molar refractivity (Wildman–Crippen MR) is 108 cm³/mol. The van der Waals surface area contributed by atoms with E-state index in [2.05, 4.69) is 19.2 Å². The number of hydrogen-bond donors (Lipinski definition) is 1. The molecule has 0 aromatic rings. The number of rotatable bonds is 19. The largest absolute Gasteiger partial charge is 0.633 e. The normalized spacial score (nSPS) is 14.0. The van der Waals surface area contributed by atoms with E-state index < -0.39 is 0 Å². The molecule has 0 aliphatic carbocycles. The van der Waals surface area contributed by atoms with Crippen molar-refractivity contribution < 1.29 is 4.65 Å². The summed E-state index contributed by atoms with van der Waals surface area (Å²) in [7, 11) is 0. The number of quaternary nitrogens is 1. The second kappa shape index (κ2) is 17.7. The summed E-state index contributed by atoms with van der Waals surface area (Å²) in [4.78, 5) is 0. The lowest BCUT2D eigenvalue weighted by Crippen LogP contribution is -2.43. The van der Waals surface area contributed by atoms with E-state index in [1.807, 2.05) is 6.92 Å². The number of nitrogens with one attached hydrogen (secondary N) is 1. The van der Waals surface area contributed by atoms with Crippen molar-refractivity contribution in [1.29, 1.82) is 0 Å². The van der Waals surface area contributed by atoms with E-state index in [1.54, 1.807) is 0 Å². The van der Waals surface area contributed by atoms with Crippen LogP contribution < -0.4 is 5.32 Å². The maximum atomic E-state index is 12.3. The highest BCUT2D eigenvalue weighted by atomic mass is 16.5. The van der Waals surface area contributed by atoms with Crippen molar-refractivity contribution >= 4 is 0 Å². The van der Waals surface area contributed by atoms with Crippen molar-refractivity contribution in [2.45, 2.75) is 104 Å². The molecule has 1 N–H and O–H groups in total. The molecule has 0 radical (unpaired) electrons. The minimum Gasteiger partial charge on any atom is -0.633 e. The van der Waals surface area contributed by atoms with Gasteiger partial charge in [-0.3, -0.25) is 0 Å². The fourth-order valence-corrected chi connectivity index (χ4v) is 3.35. The van der Waals surface area contributed by atoms with Crippen LogP contribution in [0.25, 0.3) is 0 Å². The summed E-state index contributed by atoms with van der Waals surface area (Å²) >= 11 is 0. The Morgan fingerprint density at radius 1 is 0.583 bits per heavy atom. The highest BCUT2D eigenvalue weighted by Gasteiger charge is 2.11. The standard InChI is InChI=1S/C21H46N2O/c1-4-7-8-9-10-11-12-13-14-15-18-22-19-16-17-21-23(24,6-3)20-5-2/h22H,4-21H2,1-3H3. The van der Waals surface area contributed by atoms with Gasteiger partial charge in [0, 0.05) is 0 Å². The van der Waals surface area contributed by atoms with Gasteiger partial charge in [0.25, 0.3) is 0 Å². The van der Waals surface area contributed by atoms with E-state index in [1.165, 1.54) is 64.2 Å². The molecule has 0 saturated carbocycles. The molecule has 0 bridgehead atoms.